The lowest BCUT2D eigenvalue weighted by atomic mass is 9.92. The highest BCUT2D eigenvalue weighted by Gasteiger charge is 2.49. The number of likely N-dealkylation sites (tertiary alicyclic amines) is 1. The molecular formula is C27H31NO5. The highest BCUT2D eigenvalue weighted by Crippen LogP contribution is 2.44. The fourth-order valence-corrected chi connectivity index (χ4v) is 5.02. The van der Waals surface area contributed by atoms with Crippen LogP contribution in [0.2, 0.25) is 0 Å². The van der Waals surface area contributed by atoms with Crippen LogP contribution in [-0.4, -0.2) is 39.5 Å². The Bertz CT molecular complexity index is 1100. The predicted molar refractivity (Wildman–Crippen MR) is 126 cm³/mol. The van der Waals surface area contributed by atoms with Crippen LogP contribution in [0.3, 0.4) is 0 Å². The van der Waals surface area contributed by atoms with E-state index in [1.54, 1.807) is 41.3 Å². The smallest absolute Gasteiger partial charge is 0.295 e. The number of nitrogens with zero attached hydrogens (tertiary/aromatic N) is 1. The van der Waals surface area contributed by atoms with Crippen LogP contribution in [0.1, 0.15) is 75.1 Å². The predicted octanol–water partition coefficient (Wildman–Crippen LogP) is 5.28. The summed E-state index contributed by atoms with van der Waals surface area (Å²) >= 11 is 0. The monoisotopic (exact) mass is 449 g/mol. The number of aromatic hydroxyl groups is 1. The normalized spacial score (nSPS) is 20.7. The van der Waals surface area contributed by atoms with Gasteiger partial charge < -0.3 is 19.8 Å². The maximum absolute atomic E-state index is 13.2. The molecule has 1 aliphatic carbocycles. The van der Waals surface area contributed by atoms with Crippen molar-refractivity contribution < 1.29 is 24.5 Å². The van der Waals surface area contributed by atoms with E-state index in [-0.39, 0.29) is 29.0 Å². The molecule has 6 heteroatoms. The van der Waals surface area contributed by atoms with Gasteiger partial charge in [-0.2, -0.15) is 0 Å². The van der Waals surface area contributed by atoms with Crippen molar-refractivity contribution >= 4 is 17.4 Å². The second-order valence-electron chi connectivity index (χ2n) is 9.08. The van der Waals surface area contributed by atoms with E-state index in [1.165, 1.54) is 0 Å². The van der Waals surface area contributed by atoms with Crippen LogP contribution in [0.4, 0.5) is 0 Å². The Kier molecular flexibility index (Phi) is 6.45. The highest BCUT2D eigenvalue weighted by atomic mass is 16.5. The second kappa shape index (κ2) is 9.30. The number of phenols is 1. The summed E-state index contributed by atoms with van der Waals surface area (Å²) in [6.45, 7) is 6.51. The van der Waals surface area contributed by atoms with Gasteiger partial charge in [-0.25, -0.2) is 0 Å². The molecule has 6 nitrogen and oxygen atoms in total. The Labute approximate surface area is 194 Å². The van der Waals surface area contributed by atoms with Crippen molar-refractivity contribution in [2.45, 2.75) is 64.5 Å². The Morgan fingerprint density at radius 1 is 1.12 bits per heavy atom. The summed E-state index contributed by atoms with van der Waals surface area (Å²) < 4.78 is 5.73. The molecule has 33 heavy (non-hydrogen) atoms. The molecule has 2 aromatic rings. The molecule has 2 fully saturated rings. The van der Waals surface area contributed by atoms with E-state index in [1.807, 2.05) is 26.8 Å². The number of phenolic OH excluding ortho intramolecular Hbond substituents is 1. The molecule has 1 saturated carbocycles. The lowest BCUT2D eigenvalue weighted by Gasteiger charge is -2.30. The van der Waals surface area contributed by atoms with E-state index >= 15 is 0 Å². The molecule has 174 valence electrons. The van der Waals surface area contributed by atoms with E-state index in [2.05, 4.69) is 0 Å². The van der Waals surface area contributed by atoms with Gasteiger partial charge in [0, 0.05) is 11.6 Å². The number of benzene rings is 2. The lowest BCUT2D eigenvalue weighted by Crippen LogP contribution is -2.37. The van der Waals surface area contributed by atoms with E-state index in [0.717, 1.165) is 37.0 Å². The van der Waals surface area contributed by atoms with Gasteiger partial charge in [-0.1, -0.05) is 38.8 Å². The Hall–Kier alpha value is -3.28. The Morgan fingerprint density at radius 2 is 1.85 bits per heavy atom. The van der Waals surface area contributed by atoms with Crippen LogP contribution in [0.5, 0.6) is 11.5 Å². The van der Waals surface area contributed by atoms with Gasteiger partial charge in [-0.15, -0.1) is 0 Å². The summed E-state index contributed by atoms with van der Waals surface area (Å²) in [6, 6.07) is 11.1. The molecule has 0 aromatic heterocycles. The molecular weight excluding hydrogens is 418 g/mol. The van der Waals surface area contributed by atoms with Crippen LogP contribution < -0.4 is 4.74 Å². The topological polar surface area (TPSA) is 87.1 Å². The number of hydrogen-bond donors (Lipinski definition) is 2. The molecule has 0 spiro atoms. The first-order chi connectivity index (χ1) is 15.8. The molecule has 0 radical (unpaired) electrons. The number of aliphatic hydroxyl groups is 1. The van der Waals surface area contributed by atoms with Crippen LogP contribution in [0, 0.1) is 0 Å². The summed E-state index contributed by atoms with van der Waals surface area (Å²) in [7, 11) is 0. The summed E-state index contributed by atoms with van der Waals surface area (Å²) in [4.78, 5) is 28.0. The summed E-state index contributed by atoms with van der Waals surface area (Å²) in [6.07, 6.45) is 3.64. The van der Waals surface area contributed by atoms with Gasteiger partial charge in [-0.3, -0.25) is 9.59 Å². The molecule has 4 rings (SSSR count). The molecule has 2 N–H and O–H groups in total. The summed E-state index contributed by atoms with van der Waals surface area (Å²) in [5.41, 5.74) is 2.06. The standard InChI is InChI=1S/C27H31NO5/c1-4-33-22-13-12-18(15-21(22)16(2)3)25(30)23-24(17-8-7-11-20(29)14-17)28(27(32)26(23)31)19-9-5-6-10-19/h7-8,11-16,19,24,29-30H,4-6,9-10H2,1-3H3/b25-23-. The molecule has 1 saturated heterocycles. The number of rotatable bonds is 6. The third-order valence-electron chi connectivity index (χ3n) is 6.59. The Balaban J connectivity index is 1.88. The van der Waals surface area contributed by atoms with E-state index < -0.39 is 17.7 Å². The van der Waals surface area contributed by atoms with Crippen molar-refractivity contribution in [3.05, 3.63) is 64.7 Å². The van der Waals surface area contributed by atoms with E-state index in [0.29, 0.717) is 17.7 Å². The van der Waals surface area contributed by atoms with Crippen LogP contribution in [-0.2, 0) is 9.59 Å². The molecule has 2 aromatic carbocycles. The number of Topliss-reactive ketones (excluding diaryl/α,β-unsaturated/α-hetero) is 1. The van der Waals surface area contributed by atoms with Gasteiger partial charge in [0.05, 0.1) is 18.2 Å². The van der Waals surface area contributed by atoms with Crippen molar-refractivity contribution in [1.82, 2.24) is 4.90 Å². The van der Waals surface area contributed by atoms with Crippen LogP contribution >= 0.6 is 0 Å². The zero-order valence-corrected chi connectivity index (χ0v) is 19.4. The highest BCUT2D eigenvalue weighted by molar-refractivity contribution is 6.46. The summed E-state index contributed by atoms with van der Waals surface area (Å²) in [5, 5.41) is 21.5. The summed E-state index contributed by atoms with van der Waals surface area (Å²) in [5.74, 6) is -0.554. The first-order valence-electron chi connectivity index (χ1n) is 11.7. The molecule has 1 heterocycles. The maximum Gasteiger partial charge on any atom is 0.295 e. The van der Waals surface area contributed by atoms with E-state index in [9.17, 15) is 19.8 Å². The number of carbonyl (C=O) groups is 2. The Morgan fingerprint density at radius 3 is 2.48 bits per heavy atom. The van der Waals surface area contributed by atoms with Gasteiger partial charge in [-0.05, 0) is 67.1 Å². The van der Waals surface area contributed by atoms with E-state index in [4.69, 9.17) is 4.74 Å². The van der Waals surface area contributed by atoms with Gasteiger partial charge >= 0.3 is 0 Å². The average Bonchev–Trinajstić information content (AvgIpc) is 3.40. The van der Waals surface area contributed by atoms with Crippen molar-refractivity contribution in [1.29, 1.82) is 0 Å². The van der Waals surface area contributed by atoms with Crippen molar-refractivity contribution in [3.8, 4) is 11.5 Å². The first kappa shape index (κ1) is 22.9. The third-order valence-corrected chi connectivity index (χ3v) is 6.59. The molecule has 0 bridgehead atoms. The van der Waals surface area contributed by atoms with Crippen molar-refractivity contribution in [2.75, 3.05) is 6.61 Å². The van der Waals surface area contributed by atoms with Gasteiger partial charge in [0.2, 0.25) is 0 Å². The zero-order chi connectivity index (χ0) is 23.7. The van der Waals surface area contributed by atoms with Gasteiger partial charge in [0.15, 0.2) is 0 Å². The maximum atomic E-state index is 13.2. The minimum Gasteiger partial charge on any atom is -0.508 e. The van der Waals surface area contributed by atoms with Crippen molar-refractivity contribution in [2.24, 2.45) is 0 Å². The number of ether oxygens (including phenoxy) is 1. The fraction of sp³-hybridized carbons (Fsp3) is 0.407. The quantitative estimate of drug-likeness (QED) is 0.356. The number of aliphatic hydroxyl groups excluding tert-OH is 1. The second-order valence-corrected chi connectivity index (χ2v) is 9.08. The molecule has 1 unspecified atom stereocenters. The van der Waals surface area contributed by atoms with Gasteiger partial charge in [0.1, 0.15) is 17.3 Å². The average molecular weight is 450 g/mol. The number of amides is 1. The molecule has 1 aliphatic heterocycles. The fourth-order valence-electron chi connectivity index (χ4n) is 5.02. The number of ketones is 1. The SMILES string of the molecule is CCOc1ccc(/C(O)=C2/C(=O)C(=O)N(C3CCCC3)C2c2cccc(O)c2)cc1C(C)C. The minimum absolute atomic E-state index is 0.0488. The van der Waals surface area contributed by atoms with Crippen molar-refractivity contribution in [3.63, 3.8) is 0 Å². The van der Waals surface area contributed by atoms with Crippen LogP contribution in [0.15, 0.2) is 48.0 Å². The lowest BCUT2D eigenvalue weighted by molar-refractivity contribution is -0.141. The number of hydrogen-bond acceptors (Lipinski definition) is 5. The largest absolute Gasteiger partial charge is 0.508 e. The zero-order valence-electron chi connectivity index (χ0n) is 19.4. The first-order valence-corrected chi connectivity index (χ1v) is 11.7. The minimum atomic E-state index is -0.741. The molecule has 1 atom stereocenters. The van der Waals surface area contributed by atoms with Gasteiger partial charge in [0.25, 0.3) is 11.7 Å². The third kappa shape index (κ3) is 4.22. The molecule has 1 amide bonds. The number of carbonyl (C=O) groups excluding carboxylic acids is 2. The van der Waals surface area contributed by atoms with Crippen LogP contribution in [0.25, 0.3) is 5.76 Å². The molecule has 2 aliphatic rings.